The summed E-state index contributed by atoms with van der Waals surface area (Å²) in [4.78, 5) is 27.8. The van der Waals surface area contributed by atoms with Crippen molar-refractivity contribution in [1.82, 2.24) is 10.3 Å². The van der Waals surface area contributed by atoms with Gasteiger partial charge < -0.3 is 10.6 Å². The van der Waals surface area contributed by atoms with Gasteiger partial charge in [-0.15, -0.1) is 11.3 Å². The minimum atomic E-state index is -0.268. The van der Waals surface area contributed by atoms with Crippen LogP contribution in [0.1, 0.15) is 24.1 Å². The molecule has 3 rings (SSSR count). The fourth-order valence-electron chi connectivity index (χ4n) is 2.22. The first-order valence-corrected chi connectivity index (χ1v) is 8.74. The van der Waals surface area contributed by atoms with Gasteiger partial charge in [0.15, 0.2) is 5.13 Å². The smallest absolute Gasteiger partial charge is 0.229 e. The molecular formula is C17H18FN3O2S. The lowest BCUT2D eigenvalue weighted by Gasteiger charge is -2.04. The van der Waals surface area contributed by atoms with E-state index in [9.17, 15) is 14.0 Å². The normalized spacial score (nSPS) is 13.5. The Labute approximate surface area is 143 Å². The van der Waals surface area contributed by atoms with Gasteiger partial charge in [-0.3, -0.25) is 9.59 Å². The van der Waals surface area contributed by atoms with Crippen molar-refractivity contribution in [3.8, 4) is 0 Å². The molecule has 0 spiro atoms. The monoisotopic (exact) mass is 347 g/mol. The van der Waals surface area contributed by atoms with Crippen LogP contribution in [0, 0.1) is 11.7 Å². The van der Waals surface area contributed by atoms with Crippen molar-refractivity contribution in [2.24, 2.45) is 5.92 Å². The highest BCUT2D eigenvalue weighted by Crippen LogP contribution is 2.30. The Hall–Kier alpha value is -2.28. The Balaban J connectivity index is 1.40. The van der Waals surface area contributed by atoms with Crippen LogP contribution in [0.2, 0.25) is 0 Å². The van der Waals surface area contributed by atoms with E-state index < -0.39 is 0 Å². The standard InChI is InChI=1S/C17H18FN3O2S/c18-13-5-1-11(2-6-13)7-8-19-15(22)9-14-10-24-17(20-14)21-16(23)12-3-4-12/h1-2,5-6,10,12H,3-4,7-9H2,(H,19,22)(H,20,21,23). The molecule has 1 aliphatic rings. The van der Waals surface area contributed by atoms with Crippen LogP contribution < -0.4 is 10.6 Å². The molecule has 0 bridgehead atoms. The lowest BCUT2D eigenvalue weighted by atomic mass is 10.1. The van der Waals surface area contributed by atoms with E-state index in [1.807, 2.05) is 0 Å². The zero-order valence-corrected chi connectivity index (χ0v) is 13.9. The summed E-state index contributed by atoms with van der Waals surface area (Å²) in [7, 11) is 0. The first-order valence-electron chi connectivity index (χ1n) is 7.86. The number of halogens is 1. The molecule has 0 unspecified atom stereocenters. The maximum absolute atomic E-state index is 12.8. The van der Waals surface area contributed by atoms with Gasteiger partial charge in [0.1, 0.15) is 5.82 Å². The van der Waals surface area contributed by atoms with E-state index in [2.05, 4.69) is 15.6 Å². The van der Waals surface area contributed by atoms with Crippen molar-refractivity contribution < 1.29 is 14.0 Å². The summed E-state index contributed by atoms with van der Waals surface area (Å²) in [5, 5.41) is 7.91. The third-order valence-corrected chi connectivity index (χ3v) is 4.53. The van der Waals surface area contributed by atoms with Gasteiger partial charge in [0, 0.05) is 17.8 Å². The van der Waals surface area contributed by atoms with Gasteiger partial charge in [-0.05, 0) is 37.0 Å². The fourth-order valence-corrected chi connectivity index (χ4v) is 2.94. The molecule has 0 aliphatic heterocycles. The van der Waals surface area contributed by atoms with Crippen molar-refractivity contribution in [1.29, 1.82) is 0 Å². The van der Waals surface area contributed by atoms with E-state index >= 15 is 0 Å². The van der Waals surface area contributed by atoms with Crippen molar-refractivity contribution >= 4 is 28.3 Å². The molecule has 5 nitrogen and oxygen atoms in total. The number of hydrogen-bond donors (Lipinski definition) is 2. The molecule has 1 aromatic heterocycles. The highest BCUT2D eigenvalue weighted by atomic mass is 32.1. The molecule has 1 heterocycles. The number of amides is 2. The number of carbonyl (C=O) groups excluding carboxylic acids is 2. The van der Waals surface area contributed by atoms with Crippen LogP contribution in [-0.2, 0) is 22.4 Å². The largest absolute Gasteiger partial charge is 0.355 e. The van der Waals surface area contributed by atoms with Crippen LogP contribution in [0.5, 0.6) is 0 Å². The van der Waals surface area contributed by atoms with E-state index in [0.717, 1.165) is 18.4 Å². The van der Waals surface area contributed by atoms with Gasteiger partial charge in [-0.25, -0.2) is 9.37 Å². The third-order valence-electron chi connectivity index (χ3n) is 3.72. The van der Waals surface area contributed by atoms with E-state index in [1.165, 1.54) is 23.5 Å². The number of rotatable bonds is 7. The van der Waals surface area contributed by atoms with Crippen LogP contribution >= 0.6 is 11.3 Å². The summed E-state index contributed by atoms with van der Waals surface area (Å²) in [5.74, 6) is -0.245. The number of nitrogens with zero attached hydrogens (tertiary/aromatic N) is 1. The molecule has 1 saturated carbocycles. The molecule has 2 aromatic rings. The fraction of sp³-hybridized carbons (Fsp3) is 0.353. The van der Waals surface area contributed by atoms with E-state index in [4.69, 9.17) is 0 Å². The summed E-state index contributed by atoms with van der Waals surface area (Å²) < 4.78 is 12.8. The zero-order chi connectivity index (χ0) is 16.9. The summed E-state index contributed by atoms with van der Waals surface area (Å²) in [6, 6.07) is 6.22. The Kier molecular flexibility index (Phi) is 5.20. The van der Waals surface area contributed by atoms with Gasteiger partial charge >= 0.3 is 0 Å². The zero-order valence-electron chi connectivity index (χ0n) is 13.0. The Bertz CT molecular complexity index is 726. The Morgan fingerprint density at radius 2 is 2.00 bits per heavy atom. The number of benzene rings is 1. The molecular weight excluding hydrogens is 329 g/mol. The lowest BCUT2D eigenvalue weighted by Crippen LogP contribution is -2.27. The second kappa shape index (κ2) is 7.53. The minimum Gasteiger partial charge on any atom is -0.355 e. The number of anilines is 1. The van der Waals surface area contributed by atoms with Gasteiger partial charge in [0.2, 0.25) is 11.8 Å². The predicted octanol–water partition coefficient (Wildman–Crippen LogP) is 2.53. The van der Waals surface area contributed by atoms with Gasteiger partial charge in [0.25, 0.3) is 0 Å². The summed E-state index contributed by atoms with van der Waals surface area (Å²) >= 11 is 1.33. The minimum absolute atomic E-state index is 0.0136. The molecule has 0 atom stereocenters. The quantitative estimate of drug-likeness (QED) is 0.808. The molecule has 2 N–H and O–H groups in total. The van der Waals surface area contributed by atoms with Gasteiger partial charge in [-0.1, -0.05) is 12.1 Å². The van der Waals surface area contributed by atoms with E-state index in [1.54, 1.807) is 17.5 Å². The van der Waals surface area contributed by atoms with Gasteiger partial charge in [-0.2, -0.15) is 0 Å². The molecule has 2 amide bonds. The van der Waals surface area contributed by atoms with Gasteiger partial charge in [0.05, 0.1) is 12.1 Å². The number of hydrogen-bond acceptors (Lipinski definition) is 4. The molecule has 1 fully saturated rings. The number of nitrogens with one attached hydrogen (secondary N) is 2. The second-order valence-electron chi connectivity index (χ2n) is 5.81. The maximum atomic E-state index is 12.8. The van der Waals surface area contributed by atoms with Crippen LogP contribution in [0.4, 0.5) is 9.52 Å². The SMILES string of the molecule is O=C(Cc1csc(NC(=O)C2CC2)n1)NCCc1ccc(F)cc1. The second-order valence-corrected chi connectivity index (χ2v) is 6.67. The number of aromatic nitrogens is 1. The molecule has 7 heteroatoms. The maximum Gasteiger partial charge on any atom is 0.229 e. The highest BCUT2D eigenvalue weighted by molar-refractivity contribution is 7.13. The molecule has 1 aromatic carbocycles. The average Bonchev–Trinajstić information content (AvgIpc) is 3.32. The van der Waals surface area contributed by atoms with E-state index in [-0.39, 0.29) is 30.0 Å². The predicted molar refractivity (Wildman–Crippen MR) is 90.3 cm³/mol. The first-order chi connectivity index (χ1) is 11.6. The lowest BCUT2D eigenvalue weighted by molar-refractivity contribution is -0.120. The van der Waals surface area contributed by atoms with Crippen molar-refractivity contribution in [2.75, 3.05) is 11.9 Å². The van der Waals surface area contributed by atoms with Crippen LogP contribution in [0.3, 0.4) is 0 Å². The summed E-state index contributed by atoms with van der Waals surface area (Å²) in [6.07, 6.45) is 2.71. The van der Waals surface area contributed by atoms with Crippen LogP contribution in [-0.4, -0.2) is 23.3 Å². The molecule has 24 heavy (non-hydrogen) atoms. The first kappa shape index (κ1) is 16.6. The molecule has 126 valence electrons. The Morgan fingerprint density at radius 1 is 1.25 bits per heavy atom. The number of carbonyl (C=O) groups is 2. The third kappa shape index (κ3) is 4.86. The average molecular weight is 347 g/mol. The van der Waals surface area contributed by atoms with Crippen LogP contribution in [0.25, 0.3) is 0 Å². The molecule has 0 saturated heterocycles. The Morgan fingerprint density at radius 3 is 2.71 bits per heavy atom. The van der Waals surface area contributed by atoms with Crippen molar-refractivity contribution in [3.05, 3.63) is 46.7 Å². The number of thiazole rings is 1. The summed E-state index contributed by atoms with van der Waals surface area (Å²) in [5.41, 5.74) is 1.61. The van der Waals surface area contributed by atoms with Crippen LogP contribution in [0.15, 0.2) is 29.6 Å². The summed E-state index contributed by atoms with van der Waals surface area (Å²) in [6.45, 7) is 0.486. The van der Waals surface area contributed by atoms with Crippen molar-refractivity contribution in [2.45, 2.75) is 25.7 Å². The molecule has 0 radical (unpaired) electrons. The van der Waals surface area contributed by atoms with E-state index in [0.29, 0.717) is 23.8 Å². The molecule has 1 aliphatic carbocycles. The highest BCUT2D eigenvalue weighted by Gasteiger charge is 2.30. The van der Waals surface area contributed by atoms with Crippen molar-refractivity contribution in [3.63, 3.8) is 0 Å². The topological polar surface area (TPSA) is 71.1 Å².